The fourth-order valence-electron chi connectivity index (χ4n) is 0.785. The predicted octanol–water partition coefficient (Wildman–Crippen LogP) is 1.52. The van der Waals surface area contributed by atoms with E-state index in [0.717, 1.165) is 12.8 Å². The number of rotatable bonds is 3. The first-order chi connectivity index (χ1) is 4.68. The van der Waals surface area contributed by atoms with Crippen LogP contribution in [0.15, 0.2) is 12.2 Å². The molecule has 0 aromatic carbocycles. The van der Waals surface area contributed by atoms with Crippen molar-refractivity contribution >= 4 is 17.7 Å². The van der Waals surface area contributed by atoms with E-state index in [1.165, 1.54) is 6.08 Å². The molecule has 0 aromatic rings. The second-order valence-corrected chi connectivity index (χ2v) is 3.66. The molecule has 1 saturated carbocycles. The maximum atomic E-state index is 10.1. The van der Waals surface area contributed by atoms with Crippen LogP contribution in [0.5, 0.6) is 0 Å². The summed E-state index contributed by atoms with van der Waals surface area (Å²) in [4.78, 5) is 10.1. The number of carboxylic acid groups (broad SMARTS) is 1. The quantitative estimate of drug-likeness (QED) is 0.633. The zero-order chi connectivity index (χ0) is 7.61. The van der Waals surface area contributed by atoms with E-state index in [9.17, 15) is 4.79 Å². The van der Waals surface area contributed by atoms with Crippen LogP contribution in [0.2, 0.25) is 0 Å². The van der Waals surface area contributed by atoms with Gasteiger partial charge in [-0.15, -0.1) is 0 Å². The minimum atomic E-state index is -0.847. The van der Waals surface area contributed by atoms with Crippen LogP contribution in [0.3, 0.4) is 0 Å². The van der Waals surface area contributed by atoms with Crippen molar-refractivity contribution in [2.24, 2.45) is 0 Å². The molecule has 2 nitrogen and oxygen atoms in total. The summed E-state index contributed by atoms with van der Waals surface area (Å²) in [5.74, 6) is -0.847. The Labute approximate surface area is 64.3 Å². The smallest absolute Gasteiger partial charge is 0.328 e. The van der Waals surface area contributed by atoms with Gasteiger partial charge in [-0.3, -0.25) is 0 Å². The highest BCUT2D eigenvalue weighted by molar-refractivity contribution is 8.00. The molecular weight excluding hydrogens is 148 g/mol. The zero-order valence-corrected chi connectivity index (χ0v) is 6.65. The van der Waals surface area contributed by atoms with E-state index < -0.39 is 5.97 Å². The van der Waals surface area contributed by atoms with Crippen LogP contribution in [-0.2, 0) is 4.79 Å². The van der Waals surface area contributed by atoms with Gasteiger partial charge < -0.3 is 5.11 Å². The number of aliphatic carboxylic acids is 1. The average Bonchev–Trinajstić information content (AvgIpc) is 2.64. The number of carboxylic acids is 1. The van der Waals surface area contributed by atoms with Crippen molar-refractivity contribution in [3.63, 3.8) is 0 Å². The molecule has 1 aliphatic carbocycles. The molecule has 1 rings (SSSR count). The van der Waals surface area contributed by atoms with Gasteiger partial charge in [0.1, 0.15) is 0 Å². The number of hydrogen-bond acceptors (Lipinski definition) is 2. The topological polar surface area (TPSA) is 37.3 Å². The van der Waals surface area contributed by atoms with E-state index in [-0.39, 0.29) is 4.75 Å². The molecule has 3 heteroatoms. The van der Waals surface area contributed by atoms with Gasteiger partial charge in [0.2, 0.25) is 0 Å². The van der Waals surface area contributed by atoms with E-state index in [4.69, 9.17) is 5.11 Å². The van der Waals surface area contributed by atoms with E-state index in [2.05, 4.69) is 0 Å². The summed E-state index contributed by atoms with van der Waals surface area (Å²) < 4.78 is 0.179. The summed E-state index contributed by atoms with van der Waals surface area (Å²) in [6.07, 6.45) is 7.29. The molecule has 0 amide bonds. The Kier molecular flexibility index (Phi) is 2.04. The second kappa shape index (κ2) is 2.66. The summed E-state index contributed by atoms with van der Waals surface area (Å²) in [5, 5.41) is 8.30. The van der Waals surface area contributed by atoms with Crippen molar-refractivity contribution in [3.05, 3.63) is 12.2 Å². The number of carbonyl (C=O) groups is 1. The Morgan fingerprint density at radius 1 is 1.70 bits per heavy atom. The van der Waals surface area contributed by atoms with E-state index in [0.29, 0.717) is 0 Å². The largest absolute Gasteiger partial charge is 0.478 e. The fourth-order valence-corrected chi connectivity index (χ4v) is 1.50. The SMILES string of the molecule is CSC1(/C=C/C(=O)O)CC1. The molecule has 0 bridgehead atoms. The van der Waals surface area contributed by atoms with Crippen LogP contribution in [0, 0.1) is 0 Å². The number of hydrogen-bond donors (Lipinski definition) is 1. The van der Waals surface area contributed by atoms with Crippen molar-refractivity contribution in [1.29, 1.82) is 0 Å². The third-order valence-electron chi connectivity index (χ3n) is 1.68. The first kappa shape index (κ1) is 7.66. The zero-order valence-electron chi connectivity index (χ0n) is 5.83. The van der Waals surface area contributed by atoms with Crippen LogP contribution >= 0.6 is 11.8 Å². The highest BCUT2D eigenvalue weighted by atomic mass is 32.2. The molecule has 1 N–H and O–H groups in total. The third-order valence-corrected chi connectivity index (χ3v) is 3.04. The summed E-state index contributed by atoms with van der Waals surface area (Å²) in [5.41, 5.74) is 0. The lowest BCUT2D eigenvalue weighted by Gasteiger charge is -2.01. The van der Waals surface area contributed by atoms with Gasteiger partial charge in [-0.1, -0.05) is 6.08 Å². The van der Waals surface area contributed by atoms with Crippen LogP contribution in [0.1, 0.15) is 12.8 Å². The number of thioether (sulfide) groups is 1. The monoisotopic (exact) mass is 158 g/mol. The normalized spacial score (nSPS) is 21.3. The van der Waals surface area contributed by atoms with Crippen LogP contribution in [0.4, 0.5) is 0 Å². The van der Waals surface area contributed by atoms with Gasteiger partial charge in [-0.25, -0.2) is 4.79 Å². The first-order valence-corrected chi connectivity index (χ1v) is 4.38. The lowest BCUT2D eigenvalue weighted by atomic mass is 10.3. The van der Waals surface area contributed by atoms with Crippen molar-refractivity contribution < 1.29 is 9.90 Å². The lowest BCUT2D eigenvalue weighted by Crippen LogP contribution is -1.97. The molecule has 0 unspecified atom stereocenters. The Bertz CT molecular complexity index is 170. The summed E-state index contributed by atoms with van der Waals surface area (Å²) in [6.45, 7) is 0. The molecule has 10 heavy (non-hydrogen) atoms. The molecule has 0 atom stereocenters. The maximum Gasteiger partial charge on any atom is 0.328 e. The van der Waals surface area contributed by atoms with Crippen LogP contribution < -0.4 is 0 Å². The molecule has 0 heterocycles. The summed E-state index contributed by atoms with van der Waals surface area (Å²) in [6, 6.07) is 0. The first-order valence-electron chi connectivity index (χ1n) is 3.16. The van der Waals surface area contributed by atoms with Crippen molar-refractivity contribution in [2.45, 2.75) is 17.6 Å². The van der Waals surface area contributed by atoms with E-state index >= 15 is 0 Å². The summed E-state index contributed by atoms with van der Waals surface area (Å²) >= 11 is 1.73. The van der Waals surface area contributed by atoms with Gasteiger partial charge in [0.15, 0.2) is 0 Å². The van der Waals surface area contributed by atoms with Gasteiger partial charge in [-0.2, -0.15) is 11.8 Å². The standard InChI is InChI=1S/C7H10O2S/c1-10-7(4-5-7)3-2-6(8)9/h2-3H,4-5H2,1H3,(H,8,9)/b3-2+. The highest BCUT2D eigenvalue weighted by Crippen LogP contribution is 2.48. The minimum absolute atomic E-state index is 0.179. The fraction of sp³-hybridized carbons (Fsp3) is 0.571. The molecule has 56 valence electrons. The van der Waals surface area contributed by atoms with Gasteiger partial charge in [0, 0.05) is 10.8 Å². The third kappa shape index (κ3) is 1.77. The van der Waals surface area contributed by atoms with Crippen molar-refractivity contribution in [3.8, 4) is 0 Å². The summed E-state index contributed by atoms with van der Waals surface area (Å²) in [7, 11) is 0. The average molecular weight is 158 g/mol. The van der Waals surface area contributed by atoms with E-state index in [1.54, 1.807) is 17.8 Å². The molecule has 0 radical (unpaired) electrons. The molecule has 1 fully saturated rings. The van der Waals surface area contributed by atoms with Crippen molar-refractivity contribution in [1.82, 2.24) is 0 Å². The van der Waals surface area contributed by atoms with Crippen molar-refractivity contribution in [2.75, 3.05) is 6.26 Å². The molecule has 0 spiro atoms. The second-order valence-electron chi connectivity index (χ2n) is 2.44. The Morgan fingerprint density at radius 3 is 2.60 bits per heavy atom. The Morgan fingerprint density at radius 2 is 2.30 bits per heavy atom. The molecule has 0 aliphatic heterocycles. The molecule has 0 aromatic heterocycles. The van der Waals surface area contributed by atoms with Gasteiger partial charge in [0.25, 0.3) is 0 Å². The van der Waals surface area contributed by atoms with Crippen LogP contribution in [0.25, 0.3) is 0 Å². The molecule has 1 aliphatic rings. The van der Waals surface area contributed by atoms with Gasteiger partial charge in [0.05, 0.1) is 0 Å². The van der Waals surface area contributed by atoms with Gasteiger partial charge in [-0.05, 0) is 19.1 Å². The molecule has 0 saturated heterocycles. The Balaban J connectivity index is 2.44. The van der Waals surface area contributed by atoms with Crippen LogP contribution in [-0.4, -0.2) is 22.1 Å². The van der Waals surface area contributed by atoms with Gasteiger partial charge >= 0.3 is 5.97 Å². The maximum absolute atomic E-state index is 10.1. The lowest BCUT2D eigenvalue weighted by molar-refractivity contribution is -0.131. The predicted molar refractivity (Wildman–Crippen MR) is 42.3 cm³/mol. The molecular formula is C7H10O2S. The Hall–Kier alpha value is -0.440. The minimum Gasteiger partial charge on any atom is -0.478 e. The van der Waals surface area contributed by atoms with E-state index in [1.807, 2.05) is 6.26 Å². The highest BCUT2D eigenvalue weighted by Gasteiger charge is 2.39.